The Bertz CT molecular complexity index is 1640. The van der Waals surface area contributed by atoms with Gasteiger partial charge in [0.1, 0.15) is 12.1 Å². The summed E-state index contributed by atoms with van der Waals surface area (Å²) in [5.74, 6) is -2.09. The highest BCUT2D eigenvalue weighted by Crippen LogP contribution is 2.65. The SMILES string of the molecule is C=CCNC(=O)C(=O)C(CC1CCC1)NC(=O)[C@@H]1[C@@H]2[C@H](CN1C(=O)[C@@H](NC(=O)N[C@H](CN1Cc3ccccc3C1=O)C(C)(C)C)C1CCCCC1)C2(C)C. The van der Waals surface area contributed by atoms with Crippen LogP contribution in [0.15, 0.2) is 36.9 Å². The summed E-state index contributed by atoms with van der Waals surface area (Å²) >= 11 is 0. The Balaban J connectivity index is 1.19. The molecule has 12 heteroatoms. The largest absolute Gasteiger partial charge is 0.346 e. The van der Waals surface area contributed by atoms with Crippen LogP contribution >= 0.6 is 0 Å². The van der Waals surface area contributed by atoms with Crippen LogP contribution in [0.5, 0.6) is 0 Å². The average Bonchev–Trinajstić information content (AvgIpc) is 3.40. The molecule has 2 heterocycles. The van der Waals surface area contributed by atoms with E-state index in [0.29, 0.717) is 31.6 Å². The van der Waals surface area contributed by atoms with E-state index in [9.17, 15) is 28.8 Å². The number of rotatable bonds is 14. The molecule has 0 spiro atoms. The molecular weight excluding hydrogens is 684 g/mol. The average molecular weight is 745 g/mol. The van der Waals surface area contributed by atoms with Gasteiger partial charge in [0, 0.05) is 31.7 Å². The Morgan fingerprint density at radius 2 is 1.67 bits per heavy atom. The summed E-state index contributed by atoms with van der Waals surface area (Å²) in [6, 6.07) is 3.98. The van der Waals surface area contributed by atoms with Gasteiger partial charge in [-0.25, -0.2) is 4.79 Å². The van der Waals surface area contributed by atoms with Gasteiger partial charge in [-0.15, -0.1) is 6.58 Å². The van der Waals surface area contributed by atoms with Crippen molar-refractivity contribution in [2.24, 2.45) is 34.5 Å². The lowest BCUT2D eigenvalue weighted by atomic mass is 9.80. The second kappa shape index (κ2) is 15.9. The van der Waals surface area contributed by atoms with Gasteiger partial charge in [-0.05, 0) is 65.4 Å². The second-order valence-electron chi connectivity index (χ2n) is 18.1. The first-order valence-corrected chi connectivity index (χ1v) is 20.1. The number of Topliss-reactive ketones (excluding diaryl/α,β-unsaturated/α-hetero) is 1. The molecule has 294 valence electrons. The van der Waals surface area contributed by atoms with Crippen molar-refractivity contribution >= 4 is 35.4 Å². The number of likely N-dealkylation sites (tertiary alicyclic amines) is 1. The molecule has 4 fully saturated rings. The second-order valence-corrected chi connectivity index (χ2v) is 18.1. The summed E-state index contributed by atoms with van der Waals surface area (Å²) in [5, 5.41) is 11.7. The van der Waals surface area contributed by atoms with E-state index in [-0.39, 0.29) is 47.4 Å². The third-order valence-corrected chi connectivity index (χ3v) is 13.1. The lowest BCUT2D eigenvalue weighted by Crippen LogP contribution is -2.62. The van der Waals surface area contributed by atoms with E-state index in [1.807, 2.05) is 45.0 Å². The third-order valence-electron chi connectivity index (χ3n) is 13.1. The van der Waals surface area contributed by atoms with Gasteiger partial charge in [0.25, 0.3) is 11.8 Å². The molecule has 54 heavy (non-hydrogen) atoms. The number of carbonyl (C=O) groups is 6. The monoisotopic (exact) mass is 744 g/mol. The molecule has 0 bridgehead atoms. The molecule has 6 atom stereocenters. The molecule has 1 saturated heterocycles. The predicted octanol–water partition coefficient (Wildman–Crippen LogP) is 4.33. The van der Waals surface area contributed by atoms with E-state index < -0.39 is 53.2 Å². The molecule has 12 nitrogen and oxygen atoms in total. The van der Waals surface area contributed by atoms with Crippen LogP contribution in [-0.4, -0.2) is 89.0 Å². The highest BCUT2D eigenvalue weighted by atomic mass is 16.2. The predicted molar refractivity (Wildman–Crippen MR) is 205 cm³/mol. The normalized spacial score (nSPS) is 25.0. The van der Waals surface area contributed by atoms with Crippen LogP contribution in [0.25, 0.3) is 0 Å². The number of benzene rings is 1. The number of amides is 6. The fourth-order valence-electron chi connectivity index (χ4n) is 9.36. The van der Waals surface area contributed by atoms with Crippen LogP contribution in [0.1, 0.15) is 108 Å². The zero-order chi connectivity index (χ0) is 38.9. The van der Waals surface area contributed by atoms with Crippen molar-refractivity contribution in [2.45, 2.75) is 123 Å². The lowest BCUT2D eigenvalue weighted by Gasteiger charge is -2.38. The van der Waals surface area contributed by atoms with Crippen molar-refractivity contribution in [3.05, 3.63) is 48.0 Å². The Morgan fingerprint density at radius 3 is 2.30 bits per heavy atom. The minimum Gasteiger partial charge on any atom is -0.346 e. The van der Waals surface area contributed by atoms with Crippen LogP contribution in [0.4, 0.5) is 4.79 Å². The van der Waals surface area contributed by atoms with E-state index >= 15 is 0 Å². The number of nitrogens with one attached hydrogen (secondary N) is 4. The van der Waals surface area contributed by atoms with E-state index in [1.54, 1.807) is 9.80 Å². The first-order valence-electron chi connectivity index (χ1n) is 20.1. The van der Waals surface area contributed by atoms with Crippen molar-refractivity contribution < 1.29 is 28.8 Å². The van der Waals surface area contributed by atoms with Crippen molar-refractivity contribution in [1.82, 2.24) is 31.1 Å². The first-order chi connectivity index (χ1) is 25.6. The Morgan fingerprint density at radius 1 is 0.963 bits per heavy atom. The molecular formula is C42H60N6O6. The zero-order valence-electron chi connectivity index (χ0n) is 32.7. The number of fused-ring (bicyclic) bond motifs is 2. The minimum absolute atomic E-state index is 0.0637. The molecule has 1 unspecified atom stereocenters. The molecule has 0 radical (unpaired) electrons. The van der Waals surface area contributed by atoms with Gasteiger partial charge < -0.3 is 31.1 Å². The zero-order valence-corrected chi connectivity index (χ0v) is 32.7. The minimum atomic E-state index is -0.992. The molecule has 6 amide bonds. The Hall–Kier alpha value is -4.22. The summed E-state index contributed by atoms with van der Waals surface area (Å²) in [6.07, 6.45) is 9.31. The molecule has 5 aliphatic rings. The van der Waals surface area contributed by atoms with Crippen molar-refractivity contribution in [2.75, 3.05) is 19.6 Å². The smallest absolute Gasteiger partial charge is 0.315 e. The van der Waals surface area contributed by atoms with Gasteiger partial charge >= 0.3 is 6.03 Å². The van der Waals surface area contributed by atoms with Gasteiger partial charge in [-0.2, -0.15) is 0 Å². The maximum atomic E-state index is 14.8. The number of ketones is 1. The fraction of sp³-hybridized carbons (Fsp3) is 0.667. The van der Waals surface area contributed by atoms with E-state index in [0.717, 1.165) is 56.9 Å². The molecule has 4 N–H and O–H groups in total. The number of hydrogen-bond acceptors (Lipinski definition) is 6. The van der Waals surface area contributed by atoms with E-state index in [2.05, 4.69) is 41.7 Å². The van der Waals surface area contributed by atoms with Gasteiger partial charge in [0.05, 0.1) is 12.1 Å². The summed E-state index contributed by atoms with van der Waals surface area (Å²) in [6.45, 7) is 15.2. The fourth-order valence-corrected chi connectivity index (χ4v) is 9.36. The van der Waals surface area contributed by atoms with Crippen LogP contribution < -0.4 is 21.3 Å². The molecule has 1 aromatic carbocycles. The highest BCUT2D eigenvalue weighted by Gasteiger charge is 2.69. The Labute approximate surface area is 320 Å². The number of nitrogens with zero attached hydrogens (tertiary/aromatic N) is 2. The van der Waals surface area contributed by atoms with Gasteiger partial charge in [-0.1, -0.05) is 97.4 Å². The Kier molecular flexibility index (Phi) is 11.6. The maximum absolute atomic E-state index is 14.8. The van der Waals surface area contributed by atoms with E-state index in [4.69, 9.17) is 0 Å². The molecule has 1 aromatic rings. The lowest BCUT2D eigenvalue weighted by molar-refractivity contribution is -0.145. The summed E-state index contributed by atoms with van der Waals surface area (Å²) in [5.41, 5.74) is 1.06. The topological polar surface area (TPSA) is 157 Å². The molecule has 2 aliphatic heterocycles. The van der Waals surface area contributed by atoms with Crippen LogP contribution in [-0.2, 0) is 25.7 Å². The maximum Gasteiger partial charge on any atom is 0.315 e. The standard InChI is InChI=1S/C42H60N6O6/c1-7-20-43-37(51)35(49)30(21-25-14-13-15-25)44-36(50)34-32-29(42(32,5)6)23-48(34)39(53)33(26-16-9-8-10-17-26)46-40(54)45-31(41(2,3)4)24-47-22-27-18-11-12-19-28(27)38(47)52/h7,11-12,18-19,25-26,29-34H,1,8-10,13-17,20-24H2,2-6H3,(H,43,51)(H,44,50)(H2,45,46,54)/t29-,30?,31+,32-,33-,34-/m0/s1. The summed E-state index contributed by atoms with van der Waals surface area (Å²) in [4.78, 5) is 85.9. The number of carbonyl (C=O) groups excluding carboxylic acids is 6. The van der Waals surface area contributed by atoms with Crippen LogP contribution in [0, 0.1) is 34.5 Å². The van der Waals surface area contributed by atoms with Gasteiger partial charge in [0.2, 0.25) is 17.6 Å². The van der Waals surface area contributed by atoms with Crippen LogP contribution in [0.2, 0.25) is 0 Å². The molecule has 6 rings (SSSR count). The molecule has 3 saturated carbocycles. The number of hydrogen-bond donors (Lipinski definition) is 4. The van der Waals surface area contributed by atoms with Crippen LogP contribution in [0.3, 0.4) is 0 Å². The molecule has 3 aliphatic carbocycles. The number of urea groups is 1. The third kappa shape index (κ3) is 8.22. The highest BCUT2D eigenvalue weighted by molar-refractivity contribution is 6.38. The van der Waals surface area contributed by atoms with Crippen molar-refractivity contribution in [3.8, 4) is 0 Å². The first kappa shape index (κ1) is 39.5. The van der Waals surface area contributed by atoms with Gasteiger partial charge in [-0.3, -0.25) is 24.0 Å². The van der Waals surface area contributed by atoms with Crippen molar-refractivity contribution in [3.63, 3.8) is 0 Å². The number of piperidine rings is 1. The quantitative estimate of drug-likeness (QED) is 0.164. The summed E-state index contributed by atoms with van der Waals surface area (Å²) < 4.78 is 0. The molecule has 0 aromatic heterocycles. The van der Waals surface area contributed by atoms with Gasteiger partial charge in [0.15, 0.2) is 0 Å². The van der Waals surface area contributed by atoms with Crippen molar-refractivity contribution in [1.29, 1.82) is 0 Å². The van der Waals surface area contributed by atoms with E-state index in [1.165, 1.54) is 6.08 Å². The summed E-state index contributed by atoms with van der Waals surface area (Å²) in [7, 11) is 0.